The van der Waals surface area contributed by atoms with Gasteiger partial charge in [0.25, 0.3) is 0 Å². The highest BCUT2D eigenvalue weighted by Crippen LogP contribution is 2.12. The number of hydrogen-bond acceptors (Lipinski definition) is 8. The Labute approximate surface area is 306 Å². The summed E-state index contributed by atoms with van der Waals surface area (Å²) >= 11 is 0. The highest BCUT2D eigenvalue weighted by molar-refractivity contribution is 5.96. The number of carbonyl (C=O) groups excluding carboxylic acids is 5. The summed E-state index contributed by atoms with van der Waals surface area (Å²) in [5, 5.41) is 22.7. The van der Waals surface area contributed by atoms with Gasteiger partial charge in [-0.3, -0.25) is 28.8 Å². The molecule has 0 aliphatic heterocycles. The van der Waals surface area contributed by atoms with Gasteiger partial charge in [0, 0.05) is 19.4 Å². The van der Waals surface area contributed by atoms with Gasteiger partial charge in [-0.25, -0.2) is 0 Å². The van der Waals surface area contributed by atoms with Gasteiger partial charge in [0.2, 0.25) is 29.5 Å². The van der Waals surface area contributed by atoms with E-state index in [-0.39, 0.29) is 31.7 Å². The van der Waals surface area contributed by atoms with Crippen LogP contribution in [-0.4, -0.2) is 83.9 Å². The number of unbranched alkanes of at least 4 members (excludes halogenated alkanes) is 1. The quantitative estimate of drug-likeness (QED) is 0.0768. The molecule has 0 radical (unpaired) electrons. The predicted octanol–water partition coefficient (Wildman–Crippen LogP) is 1.16. The second kappa shape index (κ2) is 22.9. The minimum absolute atomic E-state index is 0.0277. The molecule has 2 rings (SSSR count). The SMILES string of the molecule is CC(C)CC(NC(=O)C(N)CCCCN)C(=O)NC(C(=O)NC(Cc1ccccc1)C(=O)NC(Cc1ccccc1)C(=O)NCCC(=O)O)C(C)C. The Hall–Kier alpha value is -4.82. The van der Waals surface area contributed by atoms with Crippen LogP contribution in [0, 0.1) is 11.8 Å². The lowest BCUT2D eigenvalue weighted by atomic mass is 9.98. The third-order valence-electron chi connectivity index (χ3n) is 8.36. The number of carbonyl (C=O) groups is 6. The Kier molecular flexibility index (Phi) is 19.1. The molecule has 5 atom stereocenters. The lowest BCUT2D eigenvalue weighted by molar-refractivity contribution is -0.137. The summed E-state index contributed by atoms with van der Waals surface area (Å²) < 4.78 is 0. The summed E-state index contributed by atoms with van der Waals surface area (Å²) in [6, 6.07) is 12.9. The molecule has 0 bridgehead atoms. The first-order valence-electron chi connectivity index (χ1n) is 18.0. The molecule has 52 heavy (non-hydrogen) atoms. The van der Waals surface area contributed by atoms with Crippen LogP contribution in [0.1, 0.15) is 70.9 Å². The van der Waals surface area contributed by atoms with E-state index in [1.54, 1.807) is 62.4 Å². The number of benzene rings is 2. The Balaban J connectivity index is 2.30. The van der Waals surface area contributed by atoms with E-state index in [1.807, 2.05) is 26.0 Å². The zero-order valence-corrected chi connectivity index (χ0v) is 30.7. The van der Waals surface area contributed by atoms with E-state index < -0.39 is 71.6 Å². The van der Waals surface area contributed by atoms with Crippen LogP contribution in [-0.2, 0) is 41.6 Å². The first kappa shape index (κ1) is 43.3. The average Bonchev–Trinajstić information content (AvgIpc) is 3.09. The van der Waals surface area contributed by atoms with Crippen molar-refractivity contribution in [2.24, 2.45) is 23.3 Å². The molecule has 0 saturated carbocycles. The zero-order chi connectivity index (χ0) is 38.6. The highest BCUT2D eigenvalue weighted by Gasteiger charge is 2.33. The monoisotopic (exact) mass is 723 g/mol. The molecule has 14 heteroatoms. The van der Waals surface area contributed by atoms with Crippen LogP contribution in [0.3, 0.4) is 0 Å². The van der Waals surface area contributed by atoms with Gasteiger partial charge in [0.1, 0.15) is 24.2 Å². The summed E-state index contributed by atoms with van der Waals surface area (Å²) in [7, 11) is 0. The van der Waals surface area contributed by atoms with E-state index >= 15 is 0 Å². The van der Waals surface area contributed by atoms with Gasteiger partial charge in [-0.05, 0) is 48.8 Å². The summed E-state index contributed by atoms with van der Waals surface area (Å²) in [4.78, 5) is 78.6. The molecular formula is C38H57N7O7. The fourth-order valence-electron chi connectivity index (χ4n) is 5.48. The molecule has 0 saturated heterocycles. The Morgan fingerprint density at radius 1 is 0.654 bits per heavy atom. The van der Waals surface area contributed by atoms with Crippen LogP contribution < -0.4 is 38.1 Å². The summed E-state index contributed by atoms with van der Waals surface area (Å²) in [6.07, 6.45) is 2.00. The topological polar surface area (TPSA) is 235 Å². The van der Waals surface area contributed by atoms with Gasteiger partial charge < -0.3 is 43.2 Å². The van der Waals surface area contributed by atoms with Crippen molar-refractivity contribution < 1.29 is 33.9 Å². The van der Waals surface area contributed by atoms with Crippen molar-refractivity contribution in [2.45, 2.75) is 103 Å². The van der Waals surface area contributed by atoms with E-state index in [0.717, 1.165) is 17.5 Å². The average molecular weight is 724 g/mol. The number of nitrogens with two attached hydrogens (primary N) is 2. The van der Waals surface area contributed by atoms with Crippen LogP contribution >= 0.6 is 0 Å². The molecule has 0 spiro atoms. The van der Waals surface area contributed by atoms with E-state index in [9.17, 15) is 28.8 Å². The maximum Gasteiger partial charge on any atom is 0.305 e. The highest BCUT2D eigenvalue weighted by atomic mass is 16.4. The first-order chi connectivity index (χ1) is 24.7. The molecule has 0 aliphatic carbocycles. The first-order valence-corrected chi connectivity index (χ1v) is 18.0. The lowest BCUT2D eigenvalue weighted by Gasteiger charge is -2.29. The fourth-order valence-corrected chi connectivity index (χ4v) is 5.48. The largest absolute Gasteiger partial charge is 0.481 e. The second-order valence-corrected chi connectivity index (χ2v) is 13.7. The Morgan fingerprint density at radius 3 is 1.65 bits per heavy atom. The van der Waals surface area contributed by atoms with E-state index in [0.29, 0.717) is 25.8 Å². The number of nitrogens with one attached hydrogen (secondary N) is 5. The van der Waals surface area contributed by atoms with E-state index in [4.69, 9.17) is 16.6 Å². The molecule has 5 unspecified atom stereocenters. The molecule has 0 fully saturated rings. The maximum absolute atomic E-state index is 13.9. The number of amides is 5. The molecule has 0 heterocycles. The molecule has 286 valence electrons. The normalized spacial score (nSPS) is 14.0. The Bertz CT molecular complexity index is 1440. The summed E-state index contributed by atoms with van der Waals surface area (Å²) in [5.74, 6) is -4.35. The second-order valence-electron chi connectivity index (χ2n) is 13.7. The van der Waals surface area contributed by atoms with Crippen LogP contribution in [0.15, 0.2) is 60.7 Å². The van der Waals surface area contributed by atoms with Crippen molar-refractivity contribution in [1.82, 2.24) is 26.6 Å². The smallest absolute Gasteiger partial charge is 0.305 e. The van der Waals surface area contributed by atoms with Crippen molar-refractivity contribution in [2.75, 3.05) is 13.1 Å². The van der Waals surface area contributed by atoms with Gasteiger partial charge in [0.05, 0.1) is 12.5 Å². The summed E-state index contributed by atoms with van der Waals surface area (Å²) in [6.45, 7) is 7.66. The number of hydrogen-bond donors (Lipinski definition) is 8. The molecule has 5 amide bonds. The van der Waals surface area contributed by atoms with Crippen molar-refractivity contribution in [1.29, 1.82) is 0 Å². The third kappa shape index (κ3) is 16.0. The zero-order valence-electron chi connectivity index (χ0n) is 30.7. The van der Waals surface area contributed by atoms with Crippen LogP contribution in [0.5, 0.6) is 0 Å². The van der Waals surface area contributed by atoms with Crippen LogP contribution in [0.4, 0.5) is 0 Å². The fraction of sp³-hybridized carbons (Fsp3) is 0.526. The standard InChI is InChI=1S/C38H57N7O7/c1-24(2)21-29(42-34(48)28(40)17-11-12-19-39)37(51)45-33(25(3)4)38(52)44-31(23-27-15-9-6-10-16-27)36(50)43-30(22-26-13-7-5-8-14-26)35(49)41-20-18-32(46)47/h5-10,13-16,24-25,28-31,33H,11-12,17-23,39-40H2,1-4H3,(H,41,49)(H,42,48)(H,43,50)(H,44,52)(H,45,51)(H,46,47). The number of carboxylic acid groups (broad SMARTS) is 1. The Morgan fingerprint density at radius 2 is 1.15 bits per heavy atom. The third-order valence-corrected chi connectivity index (χ3v) is 8.36. The maximum atomic E-state index is 13.9. The molecule has 0 aromatic heterocycles. The van der Waals surface area contributed by atoms with Gasteiger partial charge in [-0.2, -0.15) is 0 Å². The molecule has 14 nitrogen and oxygen atoms in total. The minimum Gasteiger partial charge on any atom is -0.481 e. The van der Waals surface area contributed by atoms with Crippen molar-refractivity contribution in [3.8, 4) is 0 Å². The number of carboxylic acids is 1. The van der Waals surface area contributed by atoms with Gasteiger partial charge in [-0.1, -0.05) is 94.8 Å². The van der Waals surface area contributed by atoms with Crippen molar-refractivity contribution in [3.05, 3.63) is 71.8 Å². The molecule has 2 aromatic carbocycles. The molecule has 10 N–H and O–H groups in total. The van der Waals surface area contributed by atoms with Crippen molar-refractivity contribution >= 4 is 35.5 Å². The minimum atomic E-state index is -1.16. The molecule has 0 aliphatic rings. The van der Waals surface area contributed by atoms with Crippen LogP contribution in [0.2, 0.25) is 0 Å². The predicted molar refractivity (Wildman–Crippen MR) is 198 cm³/mol. The number of aliphatic carboxylic acids is 1. The molecule has 2 aromatic rings. The van der Waals surface area contributed by atoms with Gasteiger partial charge in [0.15, 0.2) is 0 Å². The van der Waals surface area contributed by atoms with Gasteiger partial charge in [-0.15, -0.1) is 0 Å². The molecular weight excluding hydrogens is 666 g/mol. The number of rotatable bonds is 23. The van der Waals surface area contributed by atoms with Gasteiger partial charge >= 0.3 is 5.97 Å². The van der Waals surface area contributed by atoms with E-state index in [2.05, 4.69) is 26.6 Å². The van der Waals surface area contributed by atoms with Crippen molar-refractivity contribution in [3.63, 3.8) is 0 Å². The van der Waals surface area contributed by atoms with E-state index in [1.165, 1.54) is 0 Å². The summed E-state index contributed by atoms with van der Waals surface area (Å²) in [5.41, 5.74) is 13.1. The van der Waals surface area contributed by atoms with Crippen LogP contribution in [0.25, 0.3) is 0 Å². The lowest BCUT2D eigenvalue weighted by Crippen LogP contribution is -2.60.